The van der Waals surface area contributed by atoms with Crippen molar-refractivity contribution in [3.05, 3.63) is 42.0 Å². The van der Waals surface area contributed by atoms with Crippen LogP contribution in [0.15, 0.2) is 46.6 Å². The fourth-order valence-electron chi connectivity index (χ4n) is 2.75. The van der Waals surface area contributed by atoms with Crippen molar-refractivity contribution in [3.8, 4) is 0 Å². The Balaban J connectivity index is 1.85. The minimum atomic E-state index is -1.33. The number of aromatic nitrogens is 3. The fourth-order valence-corrected chi connectivity index (χ4v) is 5.01. The molecule has 0 bridgehead atoms. The molecule has 0 saturated heterocycles. The van der Waals surface area contributed by atoms with Crippen molar-refractivity contribution in [1.82, 2.24) is 15.0 Å². The summed E-state index contributed by atoms with van der Waals surface area (Å²) in [4.78, 5) is 13.9. The minimum Gasteiger partial charge on any atom is -0.377 e. The highest BCUT2D eigenvalue weighted by atomic mass is 32.2. The van der Waals surface area contributed by atoms with Crippen LogP contribution in [0.3, 0.4) is 0 Å². The lowest BCUT2D eigenvalue weighted by atomic mass is 10.2. The number of H-pyrrole nitrogens is 1. The number of imidazole rings is 1. The average molecular weight is 405 g/mol. The van der Waals surface area contributed by atoms with Crippen LogP contribution in [0.5, 0.6) is 0 Å². The molecule has 2 heterocycles. The van der Waals surface area contributed by atoms with E-state index in [4.69, 9.17) is 0 Å². The van der Waals surface area contributed by atoms with Gasteiger partial charge in [-0.2, -0.15) is 0 Å². The van der Waals surface area contributed by atoms with Gasteiger partial charge in [0.25, 0.3) is 0 Å². The number of nitrogens with one attached hydrogen (secondary N) is 1. The first-order chi connectivity index (χ1) is 12.8. The third-order valence-electron chi connectivity index (χ3n) is 3.99. The van der Waals surface area contributed by atoms with Crippen LogP contribution in [0.25, 0.3) is 11.2 Å². The first-order valence-electron chi connectivity index (χ1n) is 8.74. The average Bonchev–Trinajstić information content (AvgIpc) is 3.04. The molecule has 2 aromatic heterocycles. The molecule has 0 aliphatic carbocycles. The topological polar surface area (TPSA) is 79.0 Å². The Morgan fingerprint density at radius 2 is 1.78 bits per heavy atom. The van der Waals surface area contributed by atoms with Crippen molar-refractivity contribution in [3.63, 3.8) is 0 Å². The van der Waals surface area contributed by atoms with Gasteiger partial charge in [-0.1, -0.05) is 32.0 Å². The van der Waals surface area contributed by atoms with Crippen LogP contribution in [0.1, 0.15) is 19.4 Å². The predicted molar refractivity (Wildman–Crippen MR) is 111 cm³/mol. The van der Waals surface area contributed by atoms with Crippen molar-refractivity contribution in [2.75, 3.05) is 24.7 Å². The zero-order valence-electron chi connectivity index (χ0n) is 15.9. The van der Waals surface area contributed by atoms with E-state index in [0.29, 0.717) is 38.8 Å². The van der Waals surface area contributed by atoms with Gasteiger partial charge in [0.15, 0.2) is 10.8 Å². The molecule has 0 fully saturated rings. The van der Waals surface area contributed by atoms with Crippen LogP contribution in [0.2, 0.25) is 0 Å². The van der Waals surface area contributed by atoms with E-state index in [1.165, 1.54) is 0 Å². The lowest BCUT2D eigenvalue weighted by molar-refractivity contribution is 0.662. The second-order valence-corrected chi connectivity index (χ2v) is 9.79. The number of aromatic amines is 1. The highest BCUT2D eigenvalue weighted by Gasteiger charge is 2.16. The van der Waals surface area contributed by atoms with E-state index >= 15 is 0 Å². The largest absolute Gasteiger partial charge is 0.377 e. The van der Waals surface area contributed by atoms with Crippen molar-refractivity contribution in [2.24, 2.45) is 5.92 Å². The summed E-state index contributed by atoms with van der Waals surface area (Å²) in [7, 11) is 1.44. The van der Waals surface area contributed by atoms with E-state index in [2.05, 4.69) is 15.0 Å². The molecule has 6 nitrogen and oxygen atoms in total. The number of rotatable bonds is 7. The van der Waals surface area contributed by atoms with Crippen LogP contribution in [0, 0.1) is 5.92 Å². The van der Waals surface area contributed by atoms with E-state index in [-0.39, 0.29) is 0 Å². The minimum absolute atomic E-state index is 0.322. The van der Waals surface area contributed by atoms with Gasteiger partial charge in [-0.05, 0) is 29.7 Å². The summed E-state index contributed by atoms with van der Waals surface area (Å²) in [6, 6.07) is 11.4. The molecular weight excluding hydrogens is 380 g/mol. The molecular formula is C19H24N4O2S2. The number of anilines is 1. The van der Waals surface area contributed by atoms with E-state index in [1.54, 1.807) is 12.1 Å². The standard InChI is InChI=1S/C19H24N4O2S2/c1-13(2)11-26(24)17-10-9-15-18(21-17)22-19(20-15)27(25)12-14-7-5-6-8-16(14)23(3)4/h5-10,13H,11-12H2,1-4H3,(H,20,21,22). The van der Waals surface area contributed by atoms with Gasteiger partial charge in [-0.25, -0.2) is 9.97 Å². The van der Waals surface area contributed by atoms with Crippen LogP contribution < -0.4 is 4.90 Å². The SMILES string of the molecule is CC(C)CS(=O)c1ccc2[nH]c(S(=O)Cc3ccccc3N(C)C)nc2n1. The molecule has 2 atom stereocenters. The van der Waals surface area contributed by atoms with E-state index < -0.39 is 21.6 Å². The van der Waals surface area contributed by atoms with E-state index in [1.807, 2.05) is 57.1 Å². The van der Waals surface area contributed by atoms with Crippen LogP contribution in [0.4, 0.5) is 5.69 Å². The lowest BCUT2D eigenvalue weighted by Crippen LogP contribution is -2.12. The molecule has 0 aliphatic rings. The monoisotopic (exact) mass is 404 g/mol. The molecule has 0 aliphatic heterocycles. The van der Waals surface area contributed by atoms with Gasteiger partial charge in [0.05, 0.1) is 32.9 Å². The first-order valence-corrected chi connectivity index (χ1v) is 11.4. The maximum atomic E-state index is 12.8. The van der Waals surface area contributed by atoms with Crippen LogP contribution in [-0.2, 0) is 27.4 Å². The quantitative estimate of drug-likeness (QED) is 0.655. The summed E-state index contributed by atoms with van der Waals surface area (Å²) in [6.45, 7) is 4.05. The number of fused-ring (bicyclic) bond motifs is 1. The van der Waals surface area contributed by atoms with Crippen LogP contribution >= 0.6 is 0 Å². The molecule has 0 radical (unpaired) electrons. The molecule has 8 heteroatoms. The molecule has 0 saturated carbocycles. The summed E-state index contributed by atoms with van der Waals surface area (Å²) in [6.07, 6.45) is 0. The van der Waals surface area contributed by atoms with Gasteiger partial charge < -0.3 is 9.88 Å². The summed E-state index contributed by atoms with van der Waals surface area (Å²) < 4.78 is 25.2. The second kappa shape index (κ2) is 8.31. The van der Waals surface area contributed by atoms with Gasteiger partial charge in [-0.15, -0.1) is 0 Å². The molecule has 1 aromatic carbocycles. The summed E-state index contributed by atoms with van der Waals surface area (Å²) in [5, 5.41) is 0.899. The maximum absolute atomic E-state index is 12.8. The third-order valence-corrected chi connectivity index (χ3v) is 6.85. The van der Waals surface area contributed by atoms with Gasteiger partial charge >= 0.3 is 0 Å². The Morgan fingerprint density at radius 3 is 2.48 bits per heavy atom. The Bertz CT molecular complexity index is 998. The number of benzene rings is 1. The van der Waals surface area contributed by atoms with Crippen molar-refractivity contribution >= 4 is 38.5 Å². The van der Waals surface area contributed by atoms with Gasteiger partial charge in [0.1, 0.15) is 5.03 Å². The smallest absolute Gasteiger partial charge is 0.199 e. The molecule has 2 unspecified atom stereocenters. The maximum Gasteiger partial charge on any atom is 0.199 e. The van der Waals surface area contributed by atoms with E-state index in [0.717, 1.165) is 11.3 Å². The Kier molecular flexibility index (Phi) is 6.06. The number of pyridine rings is 1. The number of hydrogen-bond donors (Lipinski definition) is 1. The van der Waals surface area contributed by atoms with Crippen molar-refractivity contribution < 1.29 is 8.42 Å². The van der Waals surface area contributed by atoms with Gasteiger partial charge in [-0.3, -0.25) is 8.42 Å². The van der Waals surface area contributed by atoms with Crippen LogP contribution in [-0.4, -0.2) is 43.2 Å². The lowest BCUT2D eigenvalue weighted by Gasteiger charge is -2.16. The second-order valence-electron chi connectivity index (χ2n) is 6.98. The first kappa shape index (κ1) is 19.7. The molecule has 0 amide bonds. The molecule has 1 N–H and O–H groups in total. The normalized spacial score (nSPS) is 13.8. The molecule has 144 valence electrons. The zero-order valence-corrected chi connectivity index (χ0v) is 17.6. The molecule has 27 heavy (non-hydrogen) atoms. The molecule has 3 rings (SSSR count). The van der Waals surface area contributed by atoms with Gasteiger partial charge in [0, 0.05) is 25.5 Å². The predicted octanol–water partition coefficient (Wildman–Crippen LogP) is 3.10. The number of hydrogen-bond acceptors (Lipinski definition) is 5. The molecule has 0 spiro atoms. The fraction of sp³-hybridized carbons (Fsp3) is 0.368. The highest BCUT2D eigenvalue weighted by Crippen LogP contribution is 2.22. The Labute approximate surface area is 164 Å². The summed E-state index contributed by atoms with van der Waals surface area (Å²) in [5.41, 5.74) is 3.18. The summed E-state index contributed by atoms with van der Waals surface area (Å²) in [5.74, 6) is 1.24. The Morgan fingerprint density at radius 1 is 1.04 bits per heavy atom. The number of para-hydroxylation sites is 1. The Hall–Kier alpha value is -2.06. The van der Waals surface area contributed by atoms with Gasteiger partial charge in [0.2, 0.25) is 0 Å². The highest BCUT2D eigenvalue weighted by molar-refractivity contribution is 7.85. The van der Waals surface area contributed by atoms with Crippen molar-refractivity contribution in [2.45, 2.75) is 29.8 Å². The third kappa shape index (κ3) is 4.62. The molecule has 3 aromatic rings. The zero-order chi connectivity index (χ0) is 19.6. The van der Waals surface area contributed by atoms with Crippen molar-refractivity contribution in [1.29, 1.82) is 0 Å². The van der Waals surface area contributed by atoms with E-state index in [9.17, 15) is 8.42 Å². The number of nitrogens with zero attached hydrogens (tertiary/aromatic N) is 3. The summed E-state index contributed by atoms with van der Waals surface area (Å²) >= 11 is 0.